The Bertz CT molecular complexity index is 1650. The van der Waals surface area contributed by atoms with Gasteiger partial charge in [0.15, 0.2) is 0 Å². The number of ether oxygens (including phenoxy) is 1. The number of hydrogen-bond donors (Lipinski definition) is 1. The van der Waals surface area contributed by atoms with E-state index in [0.717, 1.165) is 5.56 Å². The van der Waals surface area contributed by atoms with Gasteiger partial charge >= 0.3 is 0 Å². The van der Waals surface area contributed by atoms with E-state index in [1.54, 1.807) is 18.2 Å². The van der Waals surface area contributed by atoms with E-state index in [4.69, 9.17) is 4.74 Å². The van der Waals surface area contributed by atoms with Crippen LogP contribution in [0.3, 0.4) is 0 Å². The maximum Gasteiger partial charge on any atom is 0.263 e. The molecule has 0 amide bonds. The van der Waals surface area contributed by atoms with Crippen molar-refractivity contribution < 1.29 is 17.5 Å². The van der Waals surface area contributed by atoms with E-state index in [0.29, 0.717) is 33.3 Å². The maximum atomic E-state index is 13.7. The average Bonchev–Trinajstić information content (AvgIpc) is 2.88. The van der Waals surface area contributed by atoms with E-state index in [1.165, 1.54) is 56.2 Å². The minimum Gasteiger partial charge on any atom is -0.496 e. The Kier molecular flexibility index (Phi) is 5.79. The molecular weight excluding hydrogens is 469 g/mol. The molecule has 0 atom stereocenters. The Morgan fingerprint density at radius 3 is 2.60 bits per heavy atom. The van der Waals surface area contributed by atoms with Crippen LogP contribution in [0.15, 0.2) is 90.3 Å². The molecular formula is C25H18FN5O3S. The third-order valence-corrected chi connectivity index (χ3v) is 6.73. The van der Waals surface area contributed by atoms with E-state index in [9.17, 15) is 12.8 Å². The van der Waals surface area contributed by atoms with Crippen LogP contribution in [0.5, 0.6) is 5.75 Å². The van der Waals surface area contributed by atoms with Gasteiger partial charge in [-0.15, -0.1) is 5.10 Å². The van der Waals surface area contributed by atoms with Gasteiger partial charge < -0.3 is 4.74 Å². The minimum absolute atomic E-state index is 0.0518. The molecule has 0 aliphatic rings. The van der Waals surface area contributed by atoms with Crippen molar-refractivity contribution in [3.05, 3.63) is 91.3 Å². The van der Waals surface area contributed by atoms with Crippen molar-refractivity contribution in [3.8, 4) is 28.1 Å². The molecule has 0 saturated heterocycles. The summed E-state index contributed by atoms with van der Waals surface area (Å²) in [5.74, 6) is 0.359. The molecule has 2 heterocycles. The topological polar surface area (TPSA) is 107 Å². The standard InChI is InChI=1S/C25H18FN5O3S/c1-34-23-13-17(16-3-2-4-19(26)11-16)5-7-22(23)25-21-8-6-20(12-18(21)14-29-30-25)35(32,33)31-24-9-10-27-15-28-24/h2-15H,1H3,(H,27,28,31). The van der Waals surface area contributed by atoms with Gasteiger partial charge in [-0.3, -0.25) is 4.72 Å². The number of fused-ring (bicyclic) bond motifs is 1. The second kappa shape index (κ2) is 9.07. The van der Waals surface area contributed by atoms with Crippen LogP contribution in [-0.4, -0.2) is 35.7 Å². The summed E-state index contributed by atoms with van der Waals surface area (Å²) in [6.45, 7) is 0. The van der Waals surface area contributed by atoms with Crippen LogP contribution in [0, 0.1) is 5.82 Å². The van der Waals surface area contributed by atoms with Gasteiger partial charge in [0.25, 0.3) is 10.0 Å². The lowest BCUT2D eigenvalue weighted by Crippen LogP contribution is -2.13. The molecule has 35 heavy (non-hydrogen) atoms. The molecule has 5 rings (SSSR count). The monoisotopic (exact) mass is 487 g/mol. The summed E-state index contributed by atoms with van der Waals surface area (Å²) in [6.07, 6.45) is 4.20. The quantitative estimate of drug-likeness (QED) is 0.370. The number of aromatic nitrogens is 4. The van der Waals surface area contributed by atoms with Gasteiger partial charge in [0, 0.05) is 22.5 Å². The molecule has 0 radical (unpaired) electrons. The fraction of sp³-hybridized carbons (Fsp3) is 0.0400. The molecule has 174 valence electrons. The second-order valence-electron chi connectivity index (χ2n) is 7.57. The van der Waals surface area contributed by atoms with E-state index >= 15 is 0 Å². The van der Waals surface area contributed by atoms with Crippen molar-refractivity contribution >= 4 is 26.6 Å². The molecule has 8 nitrogen and oxygen atoms in total. The van der Waals surface area contributed by atoms with E-state index in [-0.39, 0.29) is 16.5 Å². The normalized spacial score (nSPS) is 11.4. The third kappa shape index (κ3) is 4.51. The lowest BCUT2D eigenvalue weighted by molar-refractivity contribution is 0.416. The summed E-state index contributed by atoms with van der Waals surface area (Å²) in [4.78, 5) is 7.73. The van der Waals surface area contributed by atoms with Crippen LogP contribution < -0.4 is 9.46 Å². The van der Waals surface area contributed by atoms with Gasteiger partial charge in [0.1, 0.15) is 29.4 Å². The van der Waals surface area contributed by atoms with Crippen molar-refractivity contribution in [3.63, 3.8) is 0 Å². The number of nitrogens with zero attached hydrogens (tertiary/aromatic N) is 4. The van der Waals surface area contributed by atoms with Crippen LogP contribution in [0.2, 0.25) is 0 Å². The number of sulfonamides is 1. The molecule has 3 aromatic carbocycles. The highest BCUT2D eigenvalue weighted by Crippen LogP contribution is 2.36. The summed E-state index contributed by atoms with van der Waals surface area (Å²) in [6, 6.07) is 17.9. The Balaban J connectivity index is 1.55. The highest BCUT2D eigenvalue weighted by atomic mass is 32.2. The summed E-state index contributed by atoms with van der Waals surface area (Å²) < 4.78 is 47.4. The van der Waals surface area contributed by atoms with Gasteiger partial charge in [-0.25, -0.2) is 22.8 Å². The second-order valence-corrected chi connectivity index (χ2v) is 9.25. The number of halogens is 1. The van der Waals surface area contributed by atoms with Crippen LogP contribution in [0.1, 0.15) is 0 Å². The van der Waals surface area contributed by atoms with Crippen molar-refractivity contribution in [2.75, 3.05) is 11.8 Å². The first-order valence-corrected chi connectivity index (χ1v) is 11.9. The number of methoxy groups -OCH3 is 1. The van der Waals surface area contributed by atoms with Gasteiger partial charge in [-0.2, -0.15) is 5.10 Å². The largest absolute Gasteiger partial charge is 0.496 e. The van der Waals surface area contributed by atoms with Crippen LogP contribution in [0.25, 0.3) is 33.2 Å². The summed E-state index contributed by atoms with van der Waals surface area (Å²) >= 11 is 0. The summed E-state index contributed by atoms with van der Waals surface area (Å²) in [5.41, 5.74) is 2.69. The molecule has 0 bridgehead atoms. The Hall–Kier alpha value is -4.44. The van der Waals surface area contributed by atoms with Gasteiger partial charge in [-0.05, 0) is 53.6 Å². The van der Waals surface area contributed by atoms with Crippen LogP contribution in [-0.2, 0) is 10.0 Å². The number of rotatable bonds is 6. The average molecular weight is 488 g/mol. The number of hydrogen-bond acceptors (Lipinski definition) is 7. The molecule has 0 unspecified atom stereocenters. The predicted octanol–water partition coefficient (Wildman–Crippen LogP) is 4.70. The Morgan fingerprint density at radius 1 is 0.971 bits per heavy atom. The number of anilines is 1. The first-order chi connectivity index (χ1) is 16.9. The van der Waals surface area contributed by atoms with Gasteiger partial charge in [-0.1, -0.05) is 24.3 Å². The highest BCUT2D eigenvalue weighted by molar-refractivity contribution is 7.92. The van der Waals surface area contributed by atoms with Crippen molar-refractivity contribution in [2.45, 2.75) is 4.90 Å². The van der Waals surface area contributed by atoms with E-state index < -0.39 is 10.0 Å². The zero-order valence-electron chi connectivity index (χ0n) is 18.4. The smallest absolute Gasteiger partial charge is 0.263 e. The maximum absolute atomic E-state index is 13.7. The minimum atomic E-state index is -3.88. The van der Waals surface area contributed by atoms with Crippen LogP contribution >= 0.6 is 0 Å². The molecule has 0 aliphatic heterocycles. The van der Waals surface area contributed by atoms with E-state index in [1.807, 2.05) is 18.2 Å². The highest BCUT2D eigenvalue weighted by Gasteiger charge is 2.18. The number of benzene rings is 3. The lowest BCUT2D eigenvalue weighted by atomic mass is 9.99. The third-order valence-electron chi connectivity index (χ3n) is 5.38. The Morgan fingerprint density at radius 2 is 1.83 bits per heavy atom. The fourth-order valence-electron chi connectivity index (χ4n) is 3.71. The zero-order chi connectivity index (χ0) is 24.4. The summed E-state index contributed by atoms with van der Waals surface area (Å²) in [5, 5.41) is 9.64. The molecule has 0 spiro atoms. The molecule has 10 heteroatoms. The van der Waals surface area contributed by atoms with Gasteiger partial charge in [0.2, 0.25) is 0 Å². The van der Waals surface area contributed by atoms with Crippen LogP contribution in [0.4, 0.5) is 10.2 Å². The fourth-order valence-corrected chi connectivity index (χ4v) is 4.76. The first kappa shape index (κ1) is 22.4. The number of nitrogens with one attached hydrogen (secondary N) is 1. The summed E-state index contributed by atoms with van der Waals surface area (Å²) in [7, 11) is -2.34. The molecule has 2 aromatic heterocycles. The van der Waals surface area contributed by atoms with Crippen molar-refractivity contribution in [1.82, 2.24) is 20.2 Å². The Labute approximate surface area is 200 Å². The molecule has 5 aromatic rings. The molecule has 0 aliphatic carbocycles. The molecule has 0 fully saturated rings. The first-order valence-electron chi connectivity index (χ1n) is 10.4. The molecule has 0 saturated carbocycles. The molecule has 1 N–H and O–H groups in total. The van der Waals surface area contributed by atoms with E-state index in [2.05, 4.69) is 24.9 Å². The van der Waals surface area contributed by atoms with Crippen molar-refractivity contribution in [2.24, 2.45) is 0 Å². The van der Waals surface area contributed by atoms with Gasteiger partial charge in [0.05, 0.1) is 18.2 Å². The SMILES string of the molecule is COc1cc(-c2cccc(F)c2)ccc1-c1nncc2cc(S(=O)(=O)Nc3ccncn3)ccc12. The zero-order valence-corrected chi connectivity index (χ0v) is 19.2. The predicted molar refractivity (Wildman–Crippen MR) is 130 cm³/mol. The lowest BCUT2D eigenvalue weighted by Gasteiger charge is -2.13. The van der Waals surface area contributed by atoms with Crippen molar-refractivity contribution in [1.29, 1.82) is 0 Å².